The molecule has 0 bridgehead atoms. The van der Waals surface area contributed by atoms with E-state index in [4.69, 9.17) is 0 Å². The molecular weight excluding hydrogens is 465 g/mol. The summed E-state index contributed by atoms with van der Waals surface area (Å²) in [5, 5.41) is 6.43. The molecule has 0 amide bonds. The van der Waals surface area contributed by atoms with Crippen LogP contribution in [0, 0.1) is 0 Å². The number of fused-ring (bicyclic) bond motifs is 1. The second-order valence-electron chi connectivity index (χ2n) is 6.63. The van der Waals surface area contributed by atoms with Crippen molar-refractivity contribution >= 4 is 27.5 Å². The van der Waals surface area contributed by atoms with E-state index < -0.39 is 51.4 Å². The molecule has 1 atom stereocenters. The predicted molar refractivity (Wildman–Crippen MR) is 101 cm³/mol. The smallest absolute Gasteiger partial charge is 0.459 e. The Labute approximate surface area is 178 Å². The highest BCUT2D eigenvalue weighted by Crippen LogP contribution is 2.49. The minimum atomic E-state index is -5.97. The normalized spacial score (nSPS) is 16.8. The van der Waals surface area contributed by atoms with Crippen molar-refractivity contribution in [2.75, 3.05) is 29.1 Å². The van der Waals surface area contributed by atoms with Crippen molar-refractivity contribution in [1.29, 1.82) is 0 Å². The summed E-state index contributed by atoms with van der Waals surface area (Å²) in [5.41, 5.74) is -2.47. The standard InChI is InChI=1S/C17H16F5N5O4S/c1-4-32(29,30)27-11-8-12(16(18,19)17(20,21)22)24-25-13(11)26(2)14(27)9-6-5-7-10(23-9)15(28)31-3/h5-8,14H,4H2,1-3H3. The van der Waals surface area contributed by atoms with Gasteiger partial charge in [-0.1, -0.05) is 6.07 Å². The van der Waals surface area contributed by atoms with E-state index in [0.29, 0.717) is 10.4 Å². The number of nitrogens with zero attached hydrogens (tertiary/aromatic N) is 5. The van der Waals surface area contributed by atoms with Gasteiger partial charge in [0.25, 0.3) is 0 Å². The SMILES string of the molecule is CCS(=O)(=O)N1c2cc(C(F)(F)C(F)(F)F)nnc2N(C)C1c1cccc(C(=O)OC)n1. The fraction of sp³-hybridized carbons (Fsp3) is 0.412. The van der Waals surface area contributed by atoms with Crippen LogP contribution in [0.3, 0.4) is 0 Å². The zero-order chi connectivity index (χ0) is 24.1. The van der Waals surface area contributed by atoms with Crippen LogP contribution in [-0.4, -0.2) is 55.7 Å². The Balaban J connectivity index is 2.22. The van der Waals surface area contributed by atoms with Crippen molar-refractivity contribution in [2.24, 2.45) is 0 Å². The number of carbonyl (C=O) groups excluding carboxylic acids is 1. The van der Waals surface area contributed by atoms with Gasteiger partial charge in [-0.05, 0) is 25.1 Å². The number of ether oxygens (including phenoxy) is 1. The number of hydrogen-bond donors (Lipinski definition) is 0. The van der Waals surface area contributed by atoms with Crippen LogP contribution in [0.25, 0.3) is 0 Å². The number of aromatic nitrogens is 3. The molecule has 0 spiro atoms. The van der Waals surface area contributed by atoms with E-state index in [0.717, 1.165) is 7.11 Å². The van der Waals surface area contributed by atoms with Crippen molar-refractivity contribution in [1.82, 2.24) is 15.2 Å². The van der Waals surface area contributed by atoms with Gasteiger partial charge in [-0.15, -0.1) is 10.2 Å². The molecule has 32 heavy (non-hydrogen) atoms. The Morgan fingerprint density at radius 2 is 1.84 bits per heavy atom. The summed E-state index contributed by atoms with van der Waals surface area (Å²) in [6.45, 7) is 1.27. The molecule has 1 unspecified atom stereocenters. The third-order valence-electron chi connectivity index (χ3n) is 4.69. The lowest BCUT2D eigenvalue weighted by molar-refractivity contribution is -0.291. The molecule has 15 heteroatoms. The van der Waals surface area contributed by atoms with Crippen molar-refractivity contribution in [3.63, 3.8) is 0 Å². The molecule has 0 fully saturated rings. The van der Waals surface area contributed by atoms with E-state index >= 15 is 0 Å². The van der Waals surface area contributed by atoms with Gasteiger partial charge in [-0.25, -0.2) is 22.5 Å². The second kappa shape index (κ2) is 7.79. The largest absolute Gasteiger partial charge is 0.464 e. The maximum absolute atomic E-state index is 13.9. The van der Waals surface area contributed by atoms with Gasteiger partial charge in [0.05, 0.1) is 18.6 Å². The van der Waals surface area contributed by atoms with Crippen molar-refractivity contribution < 1.29 is 39.9 Å². The minimum Gasteiger partial charge on any atom is -0.464 e. The number of hydrogen-bond acceptors (Lipinski definition) is 8. The number of carbonyl (C=O) groups is 1. The van der Waals surface area contributed by atoms with E-state index in [9.17, 15) is 35.2 Å². The topological polar surface area (TPSA) is 106 Å². The highest BCUT2D eigenvalue weighted by atomic mass is 32.2. The molecule has 0 N–H and O–H groups in total. The number of halogens is 5. The third kappa shape index (κ3) is 3.69. The molecule has 0 saturated heterocycles. The lowest BCUT2D eigenvalue weighted by atomic mass is 10.2. The first-order chi connectivity index (χ1) is 14.8. The molecule has 9 nitrogen and oxygen atoms in total. The summed E-state index contributed by atoms with van der Waals surface area (Å²) in [4.78, 5) is 17.1. The summed E-state index contributed by atoms with van der Waals surface area (Å²) < 4.78 is 97.1. The van der Waals surface area contributed by atoms with Gasteiger partial charge >= 0.3 is 18.1 Å². The van der Waals surface area contributed by atoms with Gasteiger partial charge in [-0.3, -0.25) is 0 Å². The van der Waals surface area contributed by atoms with Gasteiger partial charge in [0.2, 0.25) is 10.0 Å². The molecule has 0 aliphatic carbocycles. The molecule has 3 heterocycles. The zero-order valence-corrected chi connectivity index (χ0v) is 17.6. The van der Waals surface area contributed by atoms with Crippen LogP contribution in [0.5, 0.6) is 0 Å². The molecule has 0 aromatic carbocycles. The highest BCUT2D eigenvalue weighted by molar-refractivity contribution is 7.92. The van der Waals surface area contributed by atoms with Crippen LogP contribution in [0.2, 0.25) is 0 Å². The number of sulfonamides is 1. The first-order valence-electron chi connectivity index (χ1n) is 8.89. The van der Waals surface area contributed by atoms with E-state index in [-0.39, 0.29) is 17.2 Å². The Hall–Kier alpha value is -3.10. The van der Waals surface area contributed by atoms with E-state index in [1.807, 2.05) is 0 Å². The molecule has 0 saturated carbocycles. The number of rotatable bonds is 5. The monoisotopic (exact) mass is 481 g/mol. The lowest BCUT2D eigenvalue weighted by Crippen LogP contribution is -2.39. The number of esters is 1. The molecular formula is C17H16F5N5O4S. The van der Waals surface area contributed by atoms with Gasteiger partial charge in [0, 0.05) is 7.05 Å². The van der Waals surface area contributed by atoms with Gasteiger partial charge < -0.3 is 9.64 Å². The zero-order valence-electron chi connectivity index (χ0n) is 16.8. The van der Waals surface area contributed by atoms with Gasteiger partial charge in [0.1, 0.15) is 17.1 Å². The number of methoxy groups -OCH3 is 1. The van der Waals surface area contributed by atoms with E-state index in [1.54, 1.807) is 0 Å². The number of alkyl halides is 5. The molecule has 3 rings (SSSR count). The van der Waals surface area contributed by atoms with Crippen molar-refractivity contribution in [3.8, 4) is 0 Å². The quantitative estimate of drug-likeness (QED) is 0.474. The Morgan fingerprint density at radius 3 is 2.41 bits per heavy atom. The summed E-state index contributed by atoms with van der Waals surface area (Å²) in [6.07, 6.45) is -7.30. The molecule has 174 valence electrons. The van der Waals surface area contributed by atoms with Crippen LogP contribution < -0.4 is 9.21 Å². The van der Waals surface area contributed by atoms with E-state index in [2.05, 4.69) is 19.9 Å². The van der Waals surface area contributed by atoms with Gasteiger partial charge in [0.15, 0.2) is 12.0 Å². The molecule has 2 aromatic rings. The first kappa shape index (κ1) is 23.6. The summed E-state index contributed by atoms with van der Waals surface area (Å²) >= 11 is 0. The average molecular weight is 481 g/mol. The Bertz CT molecular complexity index is 1160. The van der Waals surface area contributed by atoms with Crippen molar-refractivity contribution in [2.45, 2.75) is 25.2 Å². The molecule has 2 aromatic heterocycles. The maximum atomic E-state index is 13.9. The van der Waals surface area contributed by atoms with Crippen LogP contribution >= 0.6 is 0 Å². The molecule has 1 aliphatic rings. The summed E-state index contributed by atoms with van der Waals surface area (Å²) in [6, 6.07) is 4.38. The summed E-state index contributed by atoms with van der Waals surface area (Å²) in [7, 11) is -1.79. The first-order valence-corrected chi connectivity index (χ1v) is 10.5. The average Bonchev–Trinajstić information content (AvgIpc) is 3.05. The number of pyridine rings is 1. The highest BCUT2D eigenvalue weighted by Gasteiger charge is 2.61. The predicted octanol–water partition coefficient (Wildman–Crippen LogP) is 2.62. The van der Waals surface area contributed by atoms with E-state index in [1.165, 1.54) is 37.1 Å². The third-order valence-corrected chi connectivity index (χ3v) is 6.41. The second-order valence-corrected chi connectivity index (χ2v) is 8.77. The minimum absolute atomic E-state index is 0.0189. The van der Waals surface area contributed by atoms with Crippen LogP contribution in [0.4, 0.5) is 33.5 Å². The van der Waals surface area contributed by atoms with Crippen LogP contribution in [0.1, 0.15) is 35.0 Å². The Kier molecular flexibility index (Phi) is 5.74. The lowest BCUT2D eigenvalue weighted by Gasteiger charge is -2.29. The summed E-state index contributed by atoms with van der Waals surface area (Å²) in [5.74, 6) is -6.96. The molecule has 0 radical (unpaired) electrons. The van der Waals surface area contributed by atoms with Crippen molar-refractivity contribution in [3.05, 3.63) is 41.3 Å². The Morgan fingerprint density at radius 1 is 1.19 bits per heavy atom. The number of anilines is 2. The fourth-order valence-electron chi connectivity index (χ4n) is 3.07. The molecule has 1 aliphatic heterocycles. The van der Waals surface area contributed by atoms with Crippen LogP contribution in [0.15, 0.2) is 24.3 Å². The maximum Gasteiger partial charge on any atom is 0.459 e. The van der Waals surface area contributed by atoms with Crippen LogP contribution in [-0.2, 0) is 20.7 Å². The van der Waals surface area contributed by atoms with Gasteiger partial charge in [-0.2, -0.15) is 22.0 Å². The fourth-order valence-corrected chi connectivity index (χ4v) is 4.33.